The van der Waals surface area contributed by atoms with Crippen molar-refractivity contribution in [1.29, 1.82) is 0 Å². The first-order valence-corrected chi connectivity index (χ1v) is 13.0. The summed E-state index contributed by atoms with van der Waals surface area (Å²) in [5, 5.41) is 1.19. The highest BCUT2D eigenvalue weighted by Gasteiger charge is 2.31. The van der Waals surface area contributed by atoms with E-state index in [0.717, 1.165) is 75.4 Å². The second-order valence-corrected chi connectivity index (χ2v) is 10.0. The number of amides is 1. The van der Waals surface area contributed by atoms with Gasteiger partial charge in [-0.05, 0) is 72.9 Å². The zero-order valence-corrected chi connectivity index (χ0v) is 21.4. The van der Waals surface area contributed by atoms with Crippen molar-refractivity contribution in [2.75, 3.05) is 40.5 Å². The lowest BCUT2D eigenvalue weighted by molar-refractivity contribution is -0.118. The number of rotatable bonds is 9. The maximum Gasteiger partial charge on any atom is 0.237 e. The van der Waals surface area contributed by atoms with E-state index in [1.54, 1.807) is 14.2 Å². The van der Waals surface area contributed by atoms with Crippen LogP contribution in [0.3, 0.4) is 0 Å². The summed E-state index contributed by atoms with van der Waals surface area (Å²) < 4.78 is 18.9. The Kier molecular flexibility index (Phi) is 7.48. The maximum absolute atomic E-state index is 11.7. The zero-order valence-electron chi connectivity index (χ0n) is 21.4. The molecule has 36 heavy (non-hydrogen) atoms. The van der Waals surface area contributed by atoms with E-state index >= 15 is 0 Å². The first-order chi connectivity index (χ1) is 17.6. The largest absolute Gasteiger partial charge is 0.493 e. The van der Waals surface area contributed by atoms with E-state index in [1.165, 1.54) is 22.1 Å². The molecule has 0 saturated carbocycles. The molecule has 1 saturated heterocycles. The molecule has 192 valence electrons. The van der Waals surface area contributed by atoms with E-state index in [4.69, 9.17) is 19.9 Å². The molecule has 1 fully saturated rings. The molecular formula is C29H37N3O4. The topological polar surface area (TPSA) is 78.9 Å². The van der Waals surface area contributed by atoms with Crippen LogP contribution < -0.4 is 15.2 Å². The number of nitrogens with zero attached hydrogens (tertiary/aromatic N) is 2. The first-order valence-electron chi connectivity index (χ1n) is 13.0. The molecule has 2 aliphatic heterocycles. The third-order valence-electron chi connectivity index (χ3n) is 7.83. The molecule has 0 aliphatic carbocycles. The molecule has 1 unspecified atom stereocenters. The lowest BCUT2D eigenvalue weighted by atomic mass is 9.87. The van der Waals surface area contributed by atoms with Crippen LogP contribution in [0, 0.1) is 5.92 Å². The number of ether oxygens (including phenoxy) is 3. The third kappa shape index (κ3) is 5.08. The van der Waals surface area contributed by atoms with Gasteiger partial charge in [0, 0.05) is 49.4 Å². The fourth-order valence-corrected chi connectivity index (χ4v) is 6.01. The Hall–Kier alpha value is -3.03. The fraction of sp³-hybridized carbons (Fsp3) is 0.483. The summed E-state index contributed by atoms with van der Waals surface area (Å²) in [7, 11) is 3.40. The predicted molar refractivity (Wildman–Crippen MR) is 141 cm³/mol. The smallest absolute Gasteiger partial charge is 0.237 e. The maximum atomic E-state index is 11.7. The van der Waals surface area contributed by atoms with Gasteiger partial charge in [-0.15, -0.1) is 0 Å². The lowest BCUT2D eigenvalue weighted by Gasteiger charge is -2.40. The number of benzene rings is 2. The molecule has 0 radical (unpaired) electrons. The Labute approximate surface area is 213 Å². The number of carbonyl (C=O) groups excluding carboxylic acids is 1. The van der Waals surface area contributed by atoms with E-state index in [1.807, 2.05) is 10.6 Å². The van der Waals surface area contributed by atoms with Crippen LogP contribution in [0.2, 0.25) is 0 Å². The van der Waals surface area contributed by atoms with Crippen molar-refractivity contribution in [3.05, 3.63) is 59.3 Å². The van der Waals surface area contributed by atoms with Gasteiger partial charge >= 0.3 is 0 Å². The Balaban J connectivity index is 1.46. The molecule has 2 aromatic carbocycles. The van der Waals surface area contributed by atoms with Gasteiger partial charge in [0.05, 0.1) is 14.2 Å². The summed E-state index contributed by atoms with van der Waals surface area (Å²) >= 11 is 0. The van der Waals surface area contributed by atoms with Gasteiger partial charge in [-0.25, -0.2) is 0 Å². The molecule has 3 aromatic rings. The van der Waals surface area contributed by atoms with E-state index in [2.05, 4.69) is 41.4 Å². The number of aromatic nitrogens is 1. The third-order valence-corrected chi connectivity index (χ3v) is 7.83. The first kappa shape index (κ1) is 24.7. The van der Waals surface area contributed by atoms with E-state index in [-0.39, 0.29) is 18.5 Å². The van der Waals surface area contributed by atoms with Crippen LogP contribution in [0.4, 0.5) is 0 Å². The molecule has 1 aromatic heterocycles. The van der Waals surface area contributed by atoms with Crippen molar-refractivity contribution in [2.45, 2.75) is 44.7 Å². The molecule has 3 heterocycles. The zero-order chi connectivity index (χ0) is 25.1. The quantitative estimate of drug-likeness (QED) is 0.488. The second-order valence-electron chi connectivity index (χ2n) is 10.0. The monoisotopic (exact) mass is 491 g/mol. The van der Waals surface area contributed by atoms with Crippen molar-refractivity contribution >= 4 is 16.8 Å². The van der Waals surface area contributed by atoms with Crippen LogP contribution in [-0.4, -0.2) is 55.9 Å². The number of carbonyl (C=O) groups is 1. The highest BCUT2D eigenvalue weighted by molar-refractivity contribution is 5.86. The number of methoxy groups -OCH3 is 2. The number of nitrogens with two attached hydrogens (primary N) is 1. The SMILES string of the molecule is COc1cc2c(cc1OC)C(CCc1cn(CC(N)=O)c3ccccc13)N(CC1CCOCC1)CC2. The predicted octanol–water partition coefficient (Wildman–Crippen LogP) is 4.10. The van der Waals surface area contributed by atoms with Gasteiger partial charge in [0.1, 0.15) is 6.54 Å². The highest BCUT2D eigenvalue weighted by atomic mass is 16.5. The molecule has 5 rings (SSSR count). The molecule has 2 N–H and O–H groups in total. The lowest BCUT2D eigenvalue weighted by Crippen LogP contribution is -2.40. The summed E-state index contributed by atoms with van der Waals surface area (Å²) in [4.78, 5) is 14.3. The van der Waals surface area contributed by atoms with Gasteiger partial charge in [-0.3, -0.25) is 9.69 Å². The van der Waals surface area contributed by atoms with Crippen molar-refractivity contribution < 1.29 is 19.0 Å². The summed E-state index contributed by atoms with van der Waals surface area (Å²) in [6.45, 7) is 4.05. The Morgan fingerprint density at radius 3 is 2.61 bits per heavy atom. The highest BCUT2D eigenvalue weighted by Crippen LogP contribution is 2.41. The van der Waals surface area contributed by atoms with Crippen LogP contribution in [-0.2, 0) is 28.9 Å². The standard InChI is InChI=1S/C29H37N3O4/c1-34-27-15-21-9-12-31(17-20-10-13-36-14-11-20)26(24(21)16-28(27)35-2)8-7-22-18-32(19-29(30)33)25-6-4-3-5-23(22)25/h3-6,15-16,18,20,26H,7-14,17,19H2,1-2H3,(H2,30,33). The van der Waals surface area contributed by atoms with E-state index in [9.17, 15) is 4.79 Å². The summed E-state index contributed by atoms with van der Waals surface area (Å²) in [5.41, 5.74) is 10.5. The van der Waals surface area contributed by atoms with Crippen LogP contribution in [0.15, 0.2) is 42.6 Å². The second kappa shape index (κ2) is 10.9. The summed E-state index contributed by atoms with van der Waals surface area (Å²) in [6.07, 6.45) is 7.26. The molecular weight excluding hydrogens is 454 g/mol. The molecule has 7 heteroatoms. The minimum atomic E-state index is -0.327. The Morgan fingerprint density at radius 2 is 1.86 bits per heavy atom. The van der Waals surface area contributed by atoms with Gasteiger partial charge in [0.2, 0.25) is 5.91 Å². The van der Waals surface area contributed by atoms with Crippen LogP contribution in [0.1, 0.15) is 42.0 Å². The number of para-hydroxylation sites is 1. The van der Waals surface area contributed by atoms with Crippen molar-refractivity contribution in [1.82, 2.24) is 9.47 Å². The number of fused-ring (bicyclic) bond motifs is 2. The minimum Gasteiger partial charge on any atom is -0.493 e. The van der Waals surface area contributed by atoms with Crippen LogP contribution >= 0.6 is 0 Å². The number of hydrogen-bond acceptors (Lipinski definition) is 5. The number of aryl methyl sites for hydroxylation is 1. The molecule has 7 nitrogen and oxygen atoms in total. The van der Waals surface area contributed by atoms with Gasteiger partial charge in [-0.2, -0.15) is 0 Å². The average molecular weight is 492 g/mol. The normalized spacial score (nSPS) is 18.8. The molecule has 0 bridgehead atoms. The Bertz CT molecular complexity index is 1210. The fourth-order valence-electron chi connectivity index (χ4n) is 6.01. The molecule has 0 spiro atoms. The van der Waals surface area contributed by atoms with Crippen LogP contribution in [0.5, 0.6) is 11.5 Å². The van der Waals surface area contributed by atoms with E-state index in [0.29, 0.717) is 5.92 Å². The summed E-state index contributed by atoms with van der Waals surface area (Å²) in [6, 6.07) is 12.9. The van der Waals surface area contributed by atoms with Crippen molar-refractivity contribution in [3.8, 4) is 11.5 Å². The van der Waals surface area contributed by atoms with Gasteiger partial charge < -0.3 is 24.5 Å². The molecule has 2 aliphatic rings. The number of primary amides is 1. The van der Waals surface area contributed by atoms with E-state index < -0.39 is 0 Å². The Morgan fingerprint density at radius 1 is 1.11 bits per heavy atom. The number of hydrogen-bond donors (Lipinski definition) is 1. The van der Waals surface area contributed by atoms with Crippen LogP contribution in [0.25, 0.3) is 10.9 Å². The minimum absolute atomic E-state index is 0.194. The average Bonchev–Trinajstić information content (AvgIpc) is 3.24. The van der Waals surface area contributed by atoms with Gasteiger partial charge in [0.25, 0.3) is 0 Å². The summed E-state index contributed by atoms with van der Waals surface area (Å²) in [5.74, 6) is 1.92. The van der Waals surface area contributed by atoms with Gasteiger partial charge in [-0.1, -0.05) is 18.2 Å². The molecule has 1 amide bonds. The molecule has 1 atom stereocenters. The van der Waals surface area contributed by atoms with Crippen molar-refractivity contribution in [2.24, 2.45) is 11.7 Å². The van der Waals surface area contributed by atoms with Crippen molar-refractivity contribution in [3.63, 3.8) is 0 Å². The van der Waals surface area contributed by atoms with Gasteiger partial charge in [0.15, 0.2) is 11.5 Å².